The predicted octanol–water partition coefficient (Wildman–Crippen LogP) is 1.44. The van der Waals surface area contributed by atoms with E-state index in [0.29, 0.717) is 0 Å². The topological polar surface area (TPSA) is 72.2 Å². The molecular formula is C12H24N2O2. The second-order valence-corrected chi connectivity index (χ2v) is 6.09. The van der Waals surface area contributed by atoms with Crippen LogP contribution in [0.25, 0.3) is 0 Å². The zero-order chi connectivity index (χ0) is 13.0. The third-order valence-electron chi connectivity index (χ3n) is 2.54. The lowest BCUT2D eigenvalue weighted by Gasteiger charge is -2.27. The quantitative estimate of drug-likeness (QED) is 0.747. The Labute approximate surface area is 98.0 Å². The minimum atomic E-state index is -0.514. The second kappa shape index (κ2) is 5.32. The fourth-order valence-corrected chi connectivity index (χ4v) is 1.21. The largest absolute Gasteiger partial charge is 0.368 e. The van der Waals surface area contributed by atoms with E-state index in [-0.39, 0.29) is 17.9 Å². The number of amides is 2. The van der Waals surface area contributed by atoms with Crippen LogP contribution in [0.3, 0.4) is 0 Å². The van der Waals surface area contributed by atoms with Gasteiger partial charge in [0.2, 0.25) is 11.8 Å². The van der Waals surface area contributed by atoms with Crippen LogP contribution in [-0.4, -0.2) is 18.4 Å². The zero-order valence-corrected chi connectivity index (χ0v) is 11.0. The van der Waals surface area contributed by atoms with E-state index < -0.39 is 11.3 Å². The molecule has 0 saturated carbocycles. The fourth-order valence-electron chi connectivity index (χ4n) is 1.21. The number of carbonyl (C=O) groups excluding carboxylic acids is 2. The Morgan fingerprint density at radius 1 is 1.06 bits per heavy atom. The van der Waals surface area contributed by atoms with Gasteiger partial charge < -0.3 is 11.1 Å². The van der Waals surface area contributed by atoms with E-state index in [2.05, 4.69) is 26.1 Å². The third kappa shape index (κ3) is 6.43. The molecule has 0 aliphatic heterocycles. The van der Waals surface area contributed by atoms with E-state index in [0.717, 1.165) is 12.8 Å². The van der Waals surface area contributed by atoms with E-state index in [1.165, 1.54) is 0 Å². The van der Waals surface area contributed by atoms with Crippen LogP contribution >= 0.6 is 0 Å². The van der Waals surface area contributed by atoms with Gasteiger partial charge in [0.05, 0.1) is 6.54 Å². The first-order valence-electron chi connectivity index (χ1n) is 5.61. The minimum Gasteiger partial charge on any atom is -0.368 e. The monoisotopic (exact) mass is 228 g/mol. The zero-order valence-electron chi connectivity index (χ0n) is 11.0. The van der Waals surface area contributed by atoms with Crippen molar-refractivity contribution in [3.8, 4) is 0 Å². The molecule has 16 heavy (non-hydrogen) atoms. The van der Waals surface area contributed by atoms with Crippen molar-refractivity contribution in [3.05, 3.63) is 0 Å². The summed E-state index contributed by atoms with van der Waals surface area (Å²) in [5.74, 6) is -0.629. The van der Waals surface area contributed by atoms with Gasteiger partial charge in [-0.05, 0) is 18.3 Å². The molecule has 4 nitrogen and oxygen atoms in total. The molecule has 0 heterocycles. The van der Waals surface area contributed by atoms with Crippen molar-refractivity contribution < 1.29 is 9.59 Å². The number of primary amides is 1. The molecule has 0 spiro atoms. The summed E-state index contributed by atoms with van der Waals surface area (Å²) in [6, 6.07) is 0. The Morgan fingerprint density at radius 2 is 1.56 bits per heavy atom. The number of hydrogen-bond donors (Lipinski definition) is 2. The maximum atomic E-state index is 11.8. The van der Waals surface area contributed by atoms with E-state index in [1.807, 2.05) is 13.8 Å². The molecule has 94 valence electrons. The maximum absolute atomic E-state index is 11.8. The smallest absolute Gasteiger partial charge is 0.236 e. The standard InChI is InChI=1S/C12H24N2O2/c1-11(2,3)6-7-12(4,5)10(16)14-8-9(13)15/h6-8H2,1-5H3,(H2,13,15)(H,14,16). The van der Waals surface area contributed by atoms with Crippen LogP contribution in [0.4, 0.5) is 0 Å². The summed E-state index contributed by atoms with van der Waals surface area (Å²) in [6.07, 6.45) is 1.76. The molecule has 0 aliphatic carbocycles. The molecule has 0 bridgehead atoms. The van der Waals surface area contributed by atoms with Crippen LogP contribution in [0.15, 0.2) is 0 Å². The van der Waals surface area contributed by atoms with Gasteiger partial charge in [-0.1, -0.05) is 34.6 Å². The Bertz CT molecular complexity index is 265. The fraction of sp³-hybridized carbons (Fsp3) is 0.833. The lowest BCUT2D eigenvalue weighted by atomic mass is 9.79. The van der Waals surface area contributed by atoms with E-state index in [9.17, 15) is 9.59 Å². The summed E-state index contributed by atoms with van der Waals surface area (Å²) >= 11 is 0. The minimum absolute atomic E-state index is 0.0855. The second-order valence-electron chi connectivity index (χ2n) is 6.09. The van der Waals surface area contributed by atoms with Gasteiger partial charge in [-0.25, -0.2) is 0 Å². The molecule has 0 rings (SSSR count). The Morgan fingerprint density at radius 3 is 1.94 bits per heavy atom. The highest BCUT2D eigenvalue weighted by Crippen LogP contribution is 2.30. The molecule has 0 radical (unpaired) electrons. The first-order valence-corrected chi connectivity index (χ1v) is 5.61. The molecule has 0 aliphatic rings. The van der Waals surface area contributed by atoms with Crippen molar-refractivity contribution >= 4 is 11.8 Å². The summed E-state index contributed by atoms with van der Waals surface area (Å²) in [5, 5.41) is 2.55. The molecule has 0 aromatic carbocycles. The highest BCUT2D eigenvalue weighted by Gasteiger charge is 2.29. The highest BCUT2D eigenvalue weighted by atomic mass is 16.2. The average Bonchev–Trinajstić information content (AvgIpc) is 2.10. The summed E-state index contributed by atoms with van der Waals surface area (Å²) in [6.45, 7) is 10.1. The molecule has 0 aromatic heterocycles. The van der Waals surface area contributed by atoms with Gasteiger partial charge in [0, 0.05) is 5.41 Å². The van der Waals surface area contributed by atoms with Gasteiger partial charge in [0.25, 0.3) is 0 Å². The molecule has 0 saturated heterocycles. The Balaban J connectivity index is 4.20. The van der Waals surface area contributed by atoms with Crippen molar-refractivity contribution in [1.29, 1.82) is 0 Å². The first kappa shape index (κ1) is 14.9. The van der Waals surface area contributed by atoms with Gasteiger partial charge in [-0.2, -0.15) is 0 Å². The molecule has 4 heteroatoms. The molecule has 0 fully saturated rings. The van der Waals surface area contributed by atoms with Crippen LogP contribution in [-0.2, 0) is 9.59 Å². The van der Waals surface area contributed by atoms with E-state index >= 15 is 0 Å². The maximum Gasteiger partial charge on any atom is 0.236 e. The van der Waals surface area contributed by atoms with Crippen LogP contribution in [0.1, 0.15) is 47.5 Å². The highest BCUT2D eigenvalue weighted by molar-refractivity contribution is 5.86. The Hall–Kier alpha value is -1.06. The predicted molar refractivity (Wildman–Crippen MR) is 64.7 cm³/mol. The molecule has 3 N–H and O–H groups in total. The van der Waals surface area contributed by atoms with Crippen molar-refractivity contribution in [3.63, 3.8) is 0 Å². The van der Waals surface area contributed by atoms with E-state index in [1.54, 1.807) is 0 Å². The lowest BCUT2D eigenvalue weighted by Crippen LogP contribution is -2.41. The van der Waals surface area contributed by atoms with Crippen LogP contribution < -0.4 is 11.1 Å². The Kier molecular flexibility index (Phi) is 4.97. The molecule has 0 aromatic rings. The van der Waals surface area contributed by atoms with Crippen molar-refractivity contribution in [2.75, 3.05) is 6.54 Å². The summed E-state index contributed by atoms with van der Waals surface area (Å²) in [5.41, 5.74) is 4.73. The van der Waals surface area contributed by atoms with Gasteiger partial charge in [-0.15, -0.1) is 0 Å². The summed E-state index contributed by atoms with van der Waals surface area (Å²) in [7, 11) is 0. The number of rotatable bonds is 5. The van der Waals surface area contributed by atoms with Crippen LogP contribution in [0.5, 0.6) is 0 Å². The van der Waals surface area contributed by atoms with E-state index in [4.69, 9.17) is 5.73 Å². The van der Waals surface area contributed by atoms with Crippen LogP contribution in [0.2, 0.25) is 0 Å². The third-order valence-corrected chi connectivity index (χ3v) is 2.54. The molecule has 2 amide bonds. The summed E-state index contributed by atoms with van der Waals surface area (Å²) < 4.78 is 0. The van der Waals surface area contributed by atoms with Crippen molar-refractivity contribution in [2.24, 2.45) is 16.6 Å². The van der Waals surface area contributed by atoms with Gasteiger partial charge in [-0.3, -0.25) is 9.59 Å². The number of nitrogens with two attached hydrogens (primary N) is 1. The first-order chi connectivity index (χ1) is 7.04. The number of hydrogen-bond acceptors (Lipinski definition) is 2. The number of nitrogens with one attached hydrogen (secondary N) is 1. The average molecular weight is 228 g/mol. The number of carbonyl (C=O) groups is 2. The SMILES string of the molecule is CC(C)(C)CCC(C)(C)C(=O)NCC(N)=O. The lowest BCUT2D eigenvalue weighted by molar-refractivity contribution is -0.131. The normalized spacial score (nSPS) is 12.3. The molecule has 0 atom stereocenters. The van der Waals surface area contributed by atoms with Crippen LogP contribution in [0, 0.1) is 10.8 Å². The van der Waals surface area contributed by atoms with Crippen molar-refractivity contribution in [1.82, 2.24) is 5.32 Å². The van der Waals surface area contributed by atoms with Gasteiger partial charge in [0.1, 0.15) is 0 Å². The van der Waals surface area contributed by atoms with Gasteiger partial charge >= 0.3 is 0 Å². The molecular weight excluding hydrogens is 204 g/mol. The van der Waals surface area contributed by atoms with Crippen molar-refractivity contribution in [2.45, 2.75) is 47.5 Å². The molecule has 0 unspecified atom stereocenters. The summed E-state index contributed by atoms with van der Waals surface area (Å²) in [4.78, 5) is 22.3. The van der Waals surface area contributed by atoms with Gasteiger partial charge in [0.15, 0.2) is 0 Å².